The zero-order valence-corrected chi connectivity index (χ0v) is 18.1. The van der Waals surface area contributed by atoms with E-state index in [0.29, 0.717) is 11.3 Å². The molecule has 1 aliphatic rings. The summed E-state index contributed by atoms with van der Waals surface area (Å²) in [7, 11) is 0. The largest absolute Gasteiger partial charge is 0.335 e. The van der Waals surface area contributed by atoms with Crippen LogP contribution in [0.2, 0.25) is 0 Å². The normalized spacial score (nSPS) is 17.2. The molecule has 158 valence electrons. The molecular formula is C25H27N5O. The van der Waals surface area contributed by atoms with Crippen LogP contribution in [0.4, 0.5) is 0 Å². The number of fused-ring (bicyclic) bond motifs is 2. The molecule has 0 bridgehead atoms. The summed E-state index contributed by atoms with van der Waals surface area (Å²) in [6.45, 7) is 5.04. The van der Waals surface area contributed by atoms with E-state index in [1.165, 1.54) is 12.8 Å². The van der Waals surface area contributed by atoms with Gasteiger partial charge in [-0.05, 0) is 50.5 Å². The molecule has 6 nitrogen and oxygen atoms in total. The van der Waals surface area contributed by atoms with Gasteiger partial charge in [-0.1, -0.05) is 31.9 Å². The smallest absolute Gasteiger partial charge is 0.272 e. The summed E-state index contributed by atoms with van der Waals surface area (Å²) in [6.07, 6.45) is 7.07. The van der Waals surface area contributed by atoms with Crippen LogP contribution in [-0.4, -0.2) is 43.0 Å². The van der Waals surface area contributed by atoms with Gasteiger partial charge in [0.25, 0.3) is 5.91 Å². The fourth-order valence-corrected chi connectivity index (χ4v) is 4.50. The molecule has 1 aromatic carbocycles. The van der Waals surface area contributed by atoms with Crippen LogP contribution in [0.3, 0.4) is 0 Å². The van der Waals surface area contributed by atoms with Crippen molar-refractivity contribution >= 4 is 22.5 Å². The Kier molecular flexibility index (Phi) is 5.14. The maximum Gasteiger partial charge on any atom is 0.272 e. The van der Waals surface area contributed by atoms with E-state index in [-0.39, 0.29) is 11.9 Å². The standard InChI is InChI=1S/C25H27N5O/c1-3-20-15-23(25(31)29-13-6-4-5-8-17(29)2)27-24-16-22(28-30(20)24)19-10-11-21-18(14-19)9-7-12-26-21/h7,9-12,14-17H,3-6,8,13H2,1-2H3. The first-order valence-electron chi connectivity index (χ1n) is 11.2. The van der Waals surface area contributed by atoms with Gasteiger partial charge in [-0.3, -0.25) is 9.78 Å². The van der Waals surface area contributed by atoms with E-state index in [9.17, 15) is 4.79 Å². The molecule has 0 N–H and O–H groups in total. The molecule has 1 aliphatic heterocycles. The third kappa shape index (κ3) is 3.67. The lowest BCUT2D eigenvalue weighted by Gasteiger charge is -2.27. The summed E-state index contributed by atoms with van der Waals surface area (Å²) in [5, 5.41) is 5.89. The number of pyridine rings is 1. The Morgan fingerprint density at radius 2 is 2.03 bits per heavy atom. The number of benzene rings is 1. The highest BCUT2D eigenvalue weighted by Crippen LogP contribution is 2.25. The van der Waals surface area contributed by atoms with E-state index in [1.807, 2.05) is 39.7 Å². The Bertz CT molecular complexity index is 1260. The zero-order valence-electron chi connectivity index (χ0n) is 18.1. The summed E-state index contributed by atoms with van der Waals surface area (Å²) in [5.41, 5.74) is 5.05. The minimum Gasteiger partial charge on any atom is -0.335 e. The van der Waals surface area contributed by atoms with Crippen molar-refractivity contribution in [1.29, 1.82) is 0 Å². The van der Waals surface area contributed by atoms with Crippen molar-refractivity contribution < 1.29 is 4.79 Å². The van der Waals surface area contributed by atoms with Gasteiger partial charge in [0.1, 0.15) is 5.69 Å². The molecule has 1 atom stereocenters. The number of rotatable bonds is 3. The monoisotopic (exact) mass is 413 g/mol. The number of hydrogen-bond acceptors (Lipinski definition) is 4. The van der Waals surface area contributed by atoms with Crippen LogP contribution in [-0.2, 0) is 6.42 Å². The Morgan fingerprint density at radius 3 is 2.90 bits per heavy atom. The van der Waals surface area contributed by atoms with Gasteiger partial charge in [0, 0.05) is 41.5 Å². The summed E-state index contributed by atoms with van der Waals surface area (Å²) >= 11 is 0. The van der Waals surface area contributed by atoms with Crippen LogP contribution in [0.25, 0.3) is 27.8 Å². The topological polar surface area (TPSA) is 63.4 Å². The molecule has 4 aromatic rings. The van der Waals surface area contributed by atoms with Crippen molar-refractivity contribution in [1.82, 2.24) is 24.5 Å². The second-order valence-corrected chi connectivity index (χ2v) is 8.39. The number of aryl methyl sites for hydroxylation is 1. The molecule has 0 saturated carbocycles. The van der Waals surface area contributed by atoms with Crippen molar-refractivity contribution in [2.75, 3.05) is 6.54 Å². The van der Waals surface area contributed by atoms with Crippen LogP contribution in [0, 0.1) is 0 Å². The fraction of sp³-hybridized carbons (Fsp3) is 0.360. The van der Waals surface area contributed by atoms with Gasteiger partial charge in [0.2, 0.25) is 0 Å². The van der Waals surface area contributed by atoms with Crippen LogP contribution in [0.5, 0.6) is 0 Å². The zero-order chi connectivity index (χ0) is 21.4. The lowest BCUT2D eigenvalue weighted by Crippen LogP contribution is -2.38. The van der Waals surface area contributed by atoms with Crippen molar-refractivity contribution in [2.45, 2.75) is 52.0 Å². The van der Waals surface area contributed by atoms with Crippen LogP contribution in [0.1, 0.15) is 55.7 Å². The van der Waals surface area contributed by atoms with Crippen LogP contribution < -0.4 is 0 Å². The third-order valence-electron chi connectivity index (χ3n) is 6.29. The predicted molar refractivity (Wildman–Crippen MR) is 122 cm³/mol. The highest BCUT2D eigenvalue weighted by Gasteiger charge is 2.25. The van der Waals surface area contributed by atoms with Crippen molar-refractivity contribution in [3.63, 3.8) is 0 Å². The molecule has 3 aromatic heterocycles. The first-order chi connectivity index (χ1) is 15.1. The number of amides is 1. The summed E-state index contributed by atoms with van der Waals surface area (Å²) in [5.74, 6) is 0.0335. The third-order valence-corrected chi connectivity index (χ3v) is 6.29. The molecule has 5 rings (SSSR count). The maximum atomic E-state index is 13.3. The maximum absolute atomic E-state index is 13.3. The molecule has 6 heteroatoms. The van der Waals surface area contributed by atoms with E-state index < -0.39 is 0 Å². The highest BCUT2D eigenvalue weighted by molar-refractivity contribution is 5.93. The SMILES string of the molecule is CCc1cc(C(=O)N2CCCCCC2C)nc2cc(-c3ccc4ncccc4c3)nn12. The van der Waals surface area contributed by atoms with E-state index in [0.717, 1.165) is 53.7 Å². The molecule has 31 heavy (non-hydrogen) atoms. The summed E-state index contributed by atoms with van der Waals surface area (Å²) in [6, 6.07) is 14.3. The Balaban J connectivity index is 1.55. The number of aromatic nitrogens is 4. The summed E-state index contributed by atoms with van der Waals surface area (Å²) < 4.78 is 1.87. The number of carbonyl (C=O) groups excluding carboxylic acids is 1. The molecule has 0 aliphatic carbocycles. The molecule has 1 amide bonds. The number of carbonyl (C=O) groups is 1. The Hall–Kier alpha value is -3.28. The van der Waals surface area contributed by atoms with Gasteiger partial charge < -0.3 is 4.90 Å². The predicted octanol–water partition coefficient (Wildman–Crippen LogP) is 4.91. The summed E-state index contributed by atoms with van der Waals surface area (Å²) in [4.78, 5) is 24.4. The number of nitrogens with zero attached hydrogens (tertiary/aromatic N) is 5. The quantitative estimate of drug-likeness (QED) is 0.479. The van der Waals surface area contributed by atoms with Gasteiger partial charge in [-0.2, -0.15) is 5.10 Å². The first kappa shape index (κ1) is 19.7. The van der Waals surface area contributed by atoms with Crippen molar-refractivity contribution in [3.05, 3.63) is 60.0 Å². The van der Waals surface area contributed by atoms with E-state index in [4.69, 9.17) is 10.1 Å². The van der Waals surface area contributed by atoms with Crippen molar-refractivity contribution in [2.24, 2.45) is 0 Å². The van der Waals surface area contributed by atoms with Gasteiger partial charge in [-0.25, -0.2) is 9.50 Å². The second-order valence-electron chi connectivity index (χ2n) is 8.39. The average molecular weight is 414 g/mol. The molecule has 0 radical (unpaired) electrons. The van der Waals surface area contributed by atoms with Gasteiger partial charge in [-0.15, -0.1) is 0 Å². The average Bonchev–Trinajstić information content (AvgIpc) is 3.12. The molecule has 1 saturated heterocycles. The van der Waals surface area contributed by atoms with Crippen LogP contribution >= 0.6 is 0 Å². The molecule has 4 heterocycles. The van der Waals surface area contributed by atoms with E-state index in [2.05, 4.69) is 31.0 Å². The first-order valence-corrected chi connectivity index (χ1v) is 11.2. The Morgan fingerprint density at radius 1 is 1.13 bits per heavy atom. The molecule has 0 spiro atoms. The number of likely N-dealkylation sites (tertiary alicyclic amines) is 1. The Labute approximate surface area is 181 Å². The highest BCUT2D eigenvalue weighted by atomic mass is 16.2. The lowest BCUT2D eigenvalue weighted by atomic mass is 10.1. The van der Waals surface area contributed by atoms with Crippen molar-refractivity contribution in [3.8, 4) is 11.3 Å². The molecule has 1 unspecified atom stereocenters. The second kappa shape index (κ2) is 8.10. The minimum absolute atomic E-state index is 0.0335. The van der Waals surface area contributed by atoms with Gasteiger partial charge in [0.15, 0.2) is 5.65 Å². The van der Waals surface area contributed by atoms with Gasteiger partial charge >= 0.3 is 0 Å². The minimum atomic E-state index is 0.0335. The van der Waals surface area contributed by atoms with Gasteiger partial charge in [0.05, 0.1) is 11.2 Å². The molecule has 1 fully saturated rings. The van der Waals surface area contributed by atoms with E-state index in [1.54, 1.807) is 6.20 Å². The fourth-order valence-electron chi connectivity index (χ4n) is 4.50. The lowest BCUT2D eigenvalue weighted by molar-refractivity contribution is 0.0692. The van der Waals surface area contributed by atoms with Crippen LogP contribution in [0.15, 0.2) is 48.7 Å². The van der Waals surface area contributed by atoms with E-state index >= 15 is 0 Å². The molecular weight excluding hydrogens is 386 g/mol. The number of hydrogen-bond donors (Lipinski definition) is 0.